The zero-order valence-corrected chi connectivity index (χ0v) is 15.3. The Morgan fingerprint density at radius 1 is 1.22 bits per heavy atom. The Bertz CT molecular complexity index is 842. The second kappa shape index (κ2) is 8.59. The number of halogens is 1. The first-order valence-corrected chi connectivity index (χ1v) is 8.41. The van der Waals surface area contributed by atoms with Gasteiger partial charge >= 0.3 is 0 Å². The molecule has 144 valence electrons. The lowest BCUT2D eigenvalue weighted by Gasteiger charge is -2.20. The third-order valence-electron chi connectivity index (χ3n) is 4.07. The Morgan fingerprint density at radius 2 is 2.04 bits per heavy atom. The first-order valence-electron chi connectivity index (χ1n) is 8.41. The lowest BCUT2D eigenvalue weighted by atomic mass is 10.1. The molecule has 0 amide bonds. The van der Waals surface area contributed by atoms with E-state index in [-0.39, 0.29) is 18.6 Å². The number of fused-ring (bicyclic) bond motifs is 1. The molecule has 3 rings (SSSR count). The van der Waals surface area contributed by atoms with Gasteiger partial charge in [-0.3, -0.25) is 4.99 Å². The second-order valence-corrected chi connectivity index (χ2v) is 5.88. The van der Waals surface area contributed by atoms with Crippen LogP contribution in [0.15, 0.2) is 35.3 Å². The quantitative estimate of drug-likeness (QED) is 0.596. The Balaban J connectivity index is 1.64. The topological polar surface area (TPSA) is 87.3 Å². The standard InChI is InChI=1S/C19H22FN3O4/c1-24-16-4-3-15(9-17(16)25-2)23-19(21)22-6-5-12-7-14(20)8-13-10-26-11-27-18(12)13/h3-4,7-9H,5-6,10-11H2,1-2H3,(H3,21,22,23). The number of methoxy groups -OCH3 is 2. The zero-order chi connectivity index (χ0) is 19.2. The van der Waals surface area contributed by atoms with Crippen LogP contribution in [0.25, 0.3) is 0 Å². The van der Waals surface area contributed by atoms with Crippen LogP contribution in [-0.2, 0) is 17.8 Å². The first-order chi connectivity index (χ1) is 13.1. The number of anilines is 1. The van der Waals surface area contributed by atoms with E-state index in [1.165, 1.54) is 12.1 Å². The van der Waals surface area contributed by atoms with Crippen molar-refractivity contribution in [3.63, 3.8) is 0 Å². The minimum absolute atomic E-state index is 0.165. The molecule has 2 aromatic rings. The van der Waals surface area contributed by atoms with Gasteiger partial charge in [0.15, 0.2) is 24.3 Å². The fourth-order valence-corrected chi connectivity index (χ4v) is 2.84. The summed E-state index contributed by atoms with van der Waals surface area (Å²) in [6.07, 6.45) is 0.494. The smallest absolute Gasteiger partial charge is 0.193 e. The molecule has 1 aliphatic rings. The number of aliphatic imine (C=N–C) groups is 1. The Kier molecular flexibility index (Phi) is 5.97. The van der Waals surface area contributed by atoms with Crippen molar-refractivity contribution in [1.82, 2.24) is 0 Å². The van der Waals surface area contributed by atoms with Crippen molar-refractivity contribution in [1.29, 1.82) is 0 Å². The van der Waals surface area contributed by atoms with Crippen LogP contribution in [0, 0.1) is 5.82 Å². The van der Waals surface area contributed by atoms with Crippen LogP contribution < -0.4 is 25.3 Å². The van der Waals surface area contributed by atoms with Crippen LogP contribution in [0.2, 0.25) is 0 Å². The second-order valence-electron chi connectivity index (χ2n) is 5.88. The van der Waals surface area contributed by atoms with Crippen LogP contribution in [0.4, 0.5) is 10.1 Å². The molecule has 0 unspecified atom stereocenters. The van der Waals surface area contributed by atoms with Gasteiger partial charge < -0.3 is 30.0 Å². The predicted octanol–water partition coefficient (Wildman–Crippen LogP) is 2.68. The first kappa shape index (κ1) is 18.8. The summed E-state index contributed by atoms with van der Waals surface area (Å²) in [5.74, 6) is 1.80. The van der Waals surface area contributed by atoms with Gasteiger partial charge in [-0.2, -0.15) is 0 Å². The number of nitrogens with zero attached hydrogens (tertiary/aromatic N) is 1. The summed E-state index contributed by atoms with van der Waals surface area (Å²) in [6, 6.07) is 8.22. The van der Waals surface area contributed by atoms with E-state index in [0.717, 1.165) is 11.3 Å². The largest absolute Gasteiger partial charge is 0.493 e. The van der Waals surface area contributed by atoms with E-state index in [0.29, 0.717) is 42.4 Å². The molecule has 7 nitrogen and oxygen atoms in total. The molecular formula is C19H22FN3O4. The lowest BCUT2D eigenvalue weighted by Crippen LogP contribution is -2.23. The summed E-state index contributed by atoms with van der Waals surface area (Å²) in [7, 11) is 3.13. The van der Waals surface area contributed by atoms with Crippen LogP contribution in [0.5, 0.6) is 17.2 Å². The summed E-state index contributed by atoms with van der Waals surface area (Å²) in [5, 5.41) is 2.99. The monoisotopic (exact) mass is 375 g/mol. The van der Waals surface area contributed by atoms with Crippen LogP contribution in [-0.4, -0.2) is 33.5 Å². The number of benzene rings is 2. The van der Waals surface area contributed by atoms with Gasteiger partial charge in [0, 0.05) is 23.9 Å². The molecule has 3 N–H and O–H groups in total. The Hall–Kier alpha value is -3.00. The molecule has 1 heterocycles. The summed E-state index contributed by atoms with van der Waals surface area (Å²) in [6.45, 7) is 0.885. The maximum absolute atomic E-state index is 13.8. The summed E-state index contributed by atoms with van der Waals surface area (Å²) >= 11 is 0. The highest BCUT2D eigenvalue weighted by atomic mass is 19.1. The van der Waals surface area contributed by atoms with Gasteiger partial charge in [0.05, 0.1) is 20.8 Å². The van der Waals surface area contributed by atoms with Crippen molar-refractivity contribution in [3.05, 3.63) is 47.3 Å². The number of rotatable bonds is 6. The number of ether oxygens (including phenoxy) is 4. The third kappa shape index (κ3) is 4.59. The highest BCUT2D eigenvalue weighted by Crippen LogP contribution is 2.30. The zero-order valence-electron chi connectivity index (χ0n) is 15.3. The number of hydrogen-bond donors (Lipinski definition) is 2. The minimum Gasteiger partial charge on any atom is -0.493 e. The van der Waals surface area contributed by atoms with E-state index in [9.17, 15) is 4.39 Å². The van der Waals surface area contributed by atoms with E-state index in [2.05, 4.69) is 10.3 Å². The van der Waals surface area contributed by atoms with Gasteiger partial charge in [0.1, 0.15) is 11.6 Å². The molecule has 27 heavy (non-hydrogen) atoms. The highest BCUT2D eigenvalue weighted by molar-refractivity contribution is 5.92. The molecule has 0 radical (unpaired) electrons. The van der Waals surface area contributed by atoms with Crippen molar-refractivity contribution < 1.29 is 23.3 Å². The molecule has 0 spiro atoms. The molecule has 0 bridgehead atoms. The summed E-state index contributed by atoms with van der Waals surface area (Å²) in [5.41, 5.74) is 8.11. The minimum atomic E-state index is -0.321. The number of guanidine groups is 1. The highest BCUT2D eigenvalue weighted by Gasteiger charge is 2.16. The summed E-state index contributed by atoms with van der Waals surface area (Å²) in [4.78, 5) is 4.29. The van der Waals surface area contributed by atoms with Gasteiger partial charge in [0.2, 0.25) is 0 Å². The average molecular weight is 375 g/mol. The molecule has 0 atom stereocenters. The Labute approximate surface area is 156 Å². The van der Waals surface area contributed by atoms with Crippen LogP contribution in [0.3, 0.4) is 0 Å². The predicted molar refractivity (Wildman–Crippen MR) is 100 cm³/mol. The molecule has 2 aromatic carbocycles. The molecule has 0 fully saturated rings. The fraction of sp³-hybridized carbons (Fsp3) is 0.316. The number of hydrogen-bond acceptors (Lipinski definition) is 5. The van der Waals surface area contributed by atoms with E-state index < -0.39 is 0 Å². The number of nitrogens with two attached hydrogens (primary N) is 1. The van der Waals surface area contributed by atoms with E-state index in [1.807, 2.05) is 0 Å². The van der Waals surface area contributed by atoms with Crippen molar-refractivity contribution >= 4 is 11.6 Å². The van der Waals surface area contributed by atoms with Crippen LogP contribution in [0.1, 0.15) is 11.1 Å². The van der Waals surface area contributed by atoms with Crippen molar-refractivity contribution in [2.45, 2.75) is 13.0 Å². The fourth-order valence-electron chi connectivity index (χ4n) is 2.84. The van der Waals surface area contributed by atoms with Crippen molar-refractivity contribution in [2.75, 3.05) is 32.9 Å². The van der Waals surface area contributed by atoms with Crippen molar-refractivity contribution in [3.8, 4) is 17.2 Å². The third-order valence-corrected chi connectivity index (χ3v) is 4.07. The normalized spacial score (nSPS) is 13.5. The molecule has 0 saturated carbocycles. The van der Waals surface area contributed by atoms with Gasteiger partial charge in [-0.1, -0.05) is 0 Å². The number of nitrogens with one attached hydrogen (secondary N) is 1. The molecule has 0 aliphatic carbocycles. The SMILES string of the molecule is COc1ccc(NC(N)=NCCc2cc(F)cc3c2OCOC3)cc1OC. The molecule has 0 aromatic heterocycles. The molecule has 0 saturated heterocycles. The average Bonchev–Trinajstić information content (AvgIpc) is 2.67. The Morgan fingerprint density at radius 3 is 2.81 bits per heavy atom. The van der Waals surface area contributed by atoms with Crippen molar-refractivity contribution in [2.24, 2.45) is 10.7 Å². The van der Waals surface area contributed by atoms with Gasteiger partial charge in [0.25, 0.3) is 0 Å². The summed E-state index contributed by atoms with van der Waals surface area (Å²) < 4.78 is 34.9. The van der Waals surface area contributed by atoms with Gasteiger partial charge in [-0.05, 0) is 36.2 Å². The molecule has 1 aliphatic heterocycles. The van der Waals surface area contributed by atoms with Gasteiger partial charge in [-0.15, -0.1) is 0 Å². The van der Waals surface area contributed by atoms with E-state index in [4.69, 9.17) is 24.7 Å². The van der Waals surface area contributed by atoms with E-state index in [1.54, 1.807) is 32.4 Å². The molecule has 8 heteroatoms. The van der Waals surface area contributed by atoms with Crippen LogP contribution >= 0.6 is 0 Å². The van der Waals surface area contributed by atoms with E-state index >= 15 is 0 Å². The van der Waals surface area contributed by atoms with Gasteiger partial charge in [-0.25, -0.2) is 4.39 Å². The lowest BCUT2D eigenvalue weighted by molar-refractivity contribution is -0.0172. The maximum atomic E-state index is 13.8. The molecular weight excluding hydrogens is 353 g/mol. The maximum Gasteiger partial charge on any atom is 0.193 e.